The monoisotopic (exact) mass is 233 g/mol. The number of hydrogen-bond acceptors (Lipinski definition) is 3. The zero-order valence-corrected chi connectivity index (χ0v) is 10.6. The van der Waals surface area contributed by atoms with Crippen molar-refractivity contribution in [2.24, 2.45) is 0 Å². The Morgan fingerprint density at radius 3 is 2.93 bits per heavy atom. The summed E-state index contributed by atoms with van der Waals surface area (Å²) < 4.78 is 16.8. The van der Waals surface area contributed by atoms with Crippen molar-refractivity contribution in [2.75, 3.05) is 26.0 Å². The summed E-state index contributed by atoms with van der Waals surface area (Å²) in [7, 11) is 0.978. The Hall–Kier alpha value is 0.0700. The van der Waals surface area contributed by atoms with Gasteiger partial charge in [-0.3, -0.25) is 4.21 Å². The summed E-state index contributed by atoms with van der Waals surface area (Å²) in [4.78, 5) is 0. The zero-order chi connectivity index (χ0) is 11.1. The van der Waals surface area contributed by atoms with Crippen molar-refractivity contribution in [3.05, 3.63) is 0 Å². The maximum atomic E-state index is 11.8. The Bertz CT molecular complexity index is 199. The van der Waals surface area contributed by atoms with Crippen LogP contribution >= 0.6 is 0 Å². The first kappa shape index (κ1) is 13.1. The first-order valence-electron chi connectivity index (χ1n) is 5.87. The van der Waals surface area contributed by atoms with Crippen LogP contribution in [0, 0.1) is 0 Å². The van der Waals surface area contributed by atoms with Gasteiger partial charge in [0.05, 0.1) is 6.61 Å². The number of methoxy groups -OCH3 is 1. The predicted octanol–water partition coefficient (Wildman–Crippen LogP) is 1.30. The summed E-state index contributed by atoms with van der Waals surface area (Å²) in [6.07, 6.45) is 4.55. The van der Waals surface area contributed by atoms with Crippen LogP contribution in [0.25, 0.3) is 0 Å². The summed E-state index contributed by atoms with van der Waals surface area (Å²) in [6.45, 7) is 3.88. The van der Waals surface area contributed by atoms with Crippen LogP contribution in [0.2, 0.25) is 0 Å². The first-order chi connectivity index (χ1) is 7.27. The molecule has 0 aliphatic heterocycles. The van der Waals surface area contributed by atoms with E-state index in [-0.39, 0.29) is 0 Å². The van der Waals surface area contributed by atoms with E-state index in [1.807, 2.05) is 0 Å². The van der Waals surface area contributed by atoms with E-state index in [1.54, 1.807) is 7.11 Å². The van der Waals surface area contributed by atoms with Crippen molar-refractivity contribution in [1.82, 2.24) is 5.32 Å². The quantitative estimate of drug-likeness (QED) is 0.720. The van der Waals surface area contributed by atoms with Gasteiger partial charge < -0.3 is 10.1 Å². The van der Waals surface area contributed by atoms with Crippen molar-refractivity contribution in [3.63, 3.8) is 0 Å². The normalized spacial score (nSPS) is 28.1. The lowest BCUT2D eigenvalue weighted by Crippen LogP contribution is -2.28. The number of ether oxygens (including phenoxy) is 1. The van der Waals surface area contributed by atoms with Crippen molar-refractivity contribution in [3.8, 4) is 0 Å². The second kappa shape index (κ2) is 7.36. The molecule has 0 saturated heterocycles. The second-order valence-electron chi connectivity index (χ2n) is 4.16. The molecule has 90 valence electrons. The average Bonchev–Trinajstić information content (AvgIpc) is 2.71. The third-order valence-corrected chi connectivity index (χ3v) is 4.67. The van der Waals surface area contributed by atoms with E-state index in [9.17, 15) is 4.21 Å². The van der Waals surface area contributed by atoms with Crippen molar-refractivity contribution >= 4 is 10.8 Å². The fraction of sp³-hybridized carbons (Fsp3) is 1.00. The average molecular weight is 233 g/mol. The molecule has 0 radical (unpaired) electrons. The standard InChI is InChI=1S/C11H23NO2S/c1-3-6-12-10-4-5-11(9-10)15(13)8-7-14-2/h10-12H,3-9H2,1-2H3. The van der Waals surface area contributed by atoms with Crippen LogP contribution in [0.5, 0.6) is 0 Å². The molecule has 15 heavy (non-hydrogen) atoms. The molecule has 0 aromatic carbocycles. The summed E-state index contributed by atoms with van der Waals surface area (Å²) >= 11 is 0. The lowest BCUT2D eigenvalue weighted by Gasteiger charge is -2.12. The Balaban J connectivity index is 2.20. The van der Waals surface area contributed by atoms with E-state index >= 15 is 0 Å². The van der Waals surface area contributed by atoms with Gasteiger partial charge in [-0.15, -0.1) is 0 Å². The largest absolute Gasteiger partial charge is 0.384 e. The highest BCUT2D eigenvalue weighted by Gasteiger charge is 2.27. The highest BCUT2D eigenvalue weighted by molar-refractivity contribution is 7.85. The minimum absolute atomic E-state index is 0.398. The molecule has 1 fully saturated rings. The molecule has 0 bridgehead atoms. The van der Waals surface area contributed by atoms with Gasteiger partial charge in [0.15, 0.2) is 0 Å². The first-order valence-corrected chi connectivity index (χ1v) is 7.25. The van der Waals surface area contributed by atoms with Crippen LogP contribution in [0.1, 0.15) is 32.6 Å². The zero-order valence-electron chi connectivity index (χ0n) is 9.83. The van der Waals surface area contributed by atoms with Gasteiger partial charge in [0.25, 0.3) is 0 Å². The number of hydrogen-bond donors (Lipinski definition) is 1. The third kappa shape index (κ3) is 4.62. The molecule has 0 aromatic heterocycles. The minimum atomic E-state index is -0.686. The van der Waals surface area contributed by atoms with Crippen molar-refractivity contribution in [2.45, 2.75) is 43.9 Å². The van der Waals surface area contributed by atoms with E-state index in [4.69, 9.17) is 4.74 Å². The molecular formula is C11H23NO2S. The molecular weight excluding hydrogens is 210 g/mol. The highest BCUT2D eigenvalue weighted by Crippen LogP contribution is 2.23. The molecule has 1 aliphatic rings. The van der Waals surface area contributed by atoms with Gasteiger partial charge in [0.2, 0.25) is 0 Å². The van der Waals surface area contributed by atoms with Crippen LogP contribution in [-0.2, 0) is 15.5 Å². The summed E-state index contributed by atoms with van der Waals surface area (Å²) in [5.74, 6) is 0.696. The van der Waals surface area contributed by atoms with Crippen LogP contribution in [0.4, 0.5) is 0 Å². The topological polar surface area (TPSA) is 38.3 Å². The van der Waals surface area contributed by atoms with Gasteiger partial charge in [0.1, 0.15) is 0 Å². The van der Waals surface area contributed by atoms with Crippen LogP contribution in [-0.4, -0.2) is 41.5 Å². The Labute approximate surface area is 95.4 Å². The van der Waals surface area contributed by atoms with Crippen molar-refractivity contribution < 1.29 is 8.95 Å². The highest BCUT2D eigenvalue weighted by atomic mass is 32.2. The number of rotatable bonds is 7. The van der Waals surface area contributed by atoms with E-state index in [0.29, 0.717) is 23.7 Å². The SMILES string of the molecule is CCCNC1CCC(S(=O)CCOC)C1. The molecule has 0 aromatic rings. The molecule has 1 saturated carbocycles. The second-order valence-corrected chi connectivity index (χ2v) is 6.00. The van der Waals surface area contributed by atoms with Crippen LogP contribution in [0.15, 0.2) is 0 Å². The lowest BCUT2D eigenvalue weighted by molar-refractivity contribution is 0.218. The summed E-state index contributed by atoms with van der Waals surface area (Å²) in [6, 6.07) is 0.599. The maximum Gasteiger partial charge on any atom is 0.0577 e. The summed E-state index contributed by atoms with van der Waals surface area (Å²) in [5.41, 5.74) is 0. The van der Waals surface area contributed by atoms with Crippen LogP contribution < -0.4 is 5.32 Å². The molecule has 0 amide bonds. The molecule has 3 unspecified atom stereocenters. The van der Waals surface area contributed by atoms with Crippen LogP contribution in [0.3, 0.4) is 0 Å². The van der Waals surface area contributed by atoms with Gasteiger partial charge in [-0.1, -0.05) is 6.92 Å². The fourth-order valence-electron chi connectivity index (χ4n) is 2.04. The predicted molar refractivity (Wildman–Crippen MR) is 64.6 cm³/mol. The van der Waals surface area contributed by atoms with E-state index in [0.717, 1.165) is 19.4 Å². The van der Waals surface area contributed by atoms with Crippen molar-refractivity contribution in [1.29, 1.82) is 0 Å². The molecule has 1 aliphatic carbocycles. The molecule has 1 rings (SSSR count). The Kier molecular flexibility index (Phi) is 6.45. The van der Waals surface area contributed by atoms with Gasteiger partial charge in [-0.25, -0.2) is 0 Å². The smallest absolute Gasteiger partial charge is 0.0577 e. The fourth-order valence-corrected chi connectivity index (χ4v) is 3.56. The van der Waals surface area contributed by atoms with Gasteiger partial charge >= 0.3 is 0 Å². The molecule has 4 heteroatoms. The minimum Gasteiger partial charge on any atom is -0.384 e. The van der Waals surface area contributed by atoms with E-state index < -0.39 is 10.8 Å². The summed E-state index contributed by atoms with van der Waals surface area (Å²) in [5, 5.41) is 3.90. The molecule has 1 N–H and O–H groups in total. The Morgan fingerprint density at radius 2 is 2.27 bits per heavy atom. The van der Waals surface area contributed by atoms with Gasteiger partial charge in [-0.2, -0.15) is 0 Å². The molecule has 0 spiro atoms. The van der Waals surface area contributed by atoms with Gasteiger partial charge in [-0.05, 0) is 32.2 Å². The third-order valence-electron chi connectivity index (χ3n) is 2.93. The molecule has 3 nitrogen and oxygen atoms in total. The maximum absolute atomic E-state index is 11.8. The lowest BCUT2D eigenvalue weighted by atomic mass is 10.2. The number of nitrogens with one attached hydrogen (secondary N) is 1. The molecule has 3 atom stereocenters. The van der Waals surface area contributed by atoms with Gasteiger partial charge in [0, 0.05) is 35.0 Å². The Morgan fingerprint density at radius 1 is 1.47 bits per heavy atom. The van der Waals surface area contributed by atoms with E-state index in [2.05, 4.69) is 12.2 Å². The van der Waals surface area contributed by atoms with E-state index in [1.165, 1.54) is 12.8 Å². The molecule has 0 heterocycles.